The number of aromatic nitrogens is 1. The molecule has 1 aliphatic heterocycles. The third-order valence-electron chi connectivity index (χ3n) is 3.36. The fourth-order valence-electron chi connectivity index (χ4n) is 2.32. The molecule has 1 aliphatic rings. The standard InChI is InChI=1S/C16H11ClN2O3S/c17-10-3-1-2-9(6-10)15(20)19-16-18-11-7-12-13(8-14(11)23-16)22-5-4-21-12/h1-3,6-8H,4-5H2,(H,18,19,20). The van der Waals surface area contributed by atoms with Crippen molar-refractivity contribution < 1.29 is 14.3 Å². The first-order valence-electron chi connectivity index (χ1n) is 6.96. The monoisotopic (exact) mass is 346 g/mol. The van der Waals surface area contributed by atoms with Crippen molar-refractivity contribution in [3.05, 3.63) is 47.0 Å². The maximum Gasteiger partial charge on any atom is 0.257 e. The number of amides is 1. The van der Waals surface area contributed by atoms with Gasteiger partial charge in [-0.15, -0.1) is 0 Å². The number of thiazole rings is 1. The zero-order chi connectivity index (χ0) is 15.8. The molecule has 0 fully saturated rings. The summed E-state index contributed by atoms with van der Waals surface area (Å²) in [5, 5.41) is 3.83. The van der Waals surface area contributed by atoms with Crippen molar-refractivity contribution >= 4 is 44.2 Å². The first-order valence-corrected chi connectivity index (χ1v) is 8.15. The molecule has 4 rings (SSSR count). The van der Waals surface area contributed by atoms with E-state index in [1.807, 2.05) is 12.1 Å². The quantitative estimate of drug-likeness (QED) is 0.762. The van der Waals surface area contributed by atoms with Crippen molar-refractivity contribution in [2.24, 2.45) is 0 Å². The molecule has 1 N–H and O–H groups in total. The number of carbonyl (C=O) groups excluding carboxylic acids is 1. The van der Waals surface area contributed by atoms with Gasteiger partial charge in [-0.1, -0.05) is 29.0 Å². The minimum absolute atomic E-state index is 0.246. The van der Waals surface area contributed by atoms with Gasteiger partial charge in [0.25, 0.3) is 5.91 Å². The summed E-state index contributed by atoms with van der Waals surface area (Å²) in [6.07, 6.45) is 0. The highest BCUT2D eigenvalue weighted by atomic mass is 35.5. The Morgan fingerprint density at radius 3 is 2.74 bits per heavy atom. The van der Waals surface area contributed by atoms with E-state index in [2.05, 4.69) is 10.3 Å². The van der Waals surface area contributed by atoms with Gasteiger partial charge in [0.05, 0.1) is 10.2 Å². The van der Waals surface area contributed by atoms with Crippen molar-refractivity contribution in [1.29, 1.82) is 0 Å². The summed E-state index contributed by atoms with van der Waals surface area (Å²) < 4.78 is 12.0. The highest BCUT2D eigenvalue weighted by Gasteiger charge is 2.16. The van der Waals surface area contributed by atoms with E-state index in [4.69, 9.17) is 21.1 Å². The van der Waals surface area contributed by atoms with E-state index >= 15 is 0 Å². The van der Waals surface area contributed by atoms with Crippen molar-refractivity contribution in [2.75, 3.05) is 18.5 Å². The molecule has 3 aromatic rings. The number of benzene rings is 2. The summed E-state index contributed by atoms with van der Waals surface area (Å²) in [4.78, 5) is 16.7. The molecule has 0 aliphatic carbocycles. The van der Waals surface area contributed by atoms with E-state index in [0.29, 0.717) is 40.4 Å². The lowest BCUT2D eigenvalue weighted by Gasteiger charge is -2.17. The number of nitrogens with one attached hydrogen (secondary N) is 1. The highest BCUT2D eigenvalue weighted by Crippen LogP contribution is 2.37. The molecule has 0 saturated heterocycles. The second-order valence-corrected chi connectivity index (χ2v) is 6.41. The van der Waals surface area contributed by atoms with Gasteiger partial charge in [-0.25, -0.2) is 4.98 Å². The molecular formula is C16H11ClN2O3S. The van der Waals surface area contributed by atoms with E-state index in [1.165, 1.54) is 11.3 Å². The number of fused-ring (bicyclic) bond motifs is 2. The fourth-order valence-corrected chi connectivity index (χ4v) is 3.38. The van der Waals surface area contributed by atoms with Gasteiger partial charge in [0, 0.05) is 22.7 Å². The molecule has 0 radical (unpaired) electrons. The summed E-state index contributed by atoms with van der Waals surface area (Å²) in [7, 11) is 0. The van der Waals surface area contributed by atoms with Gasteiger partial charge >= 0.3 is 0 Å². The zero-order valence-corrected chi connectivity index (χ0v) is 13.4. The van der Waals surface area contributed by atoms with Gasteiger partial charge in [-0.3, -0.25) is 10.1 Å². The lowest BCUT2D eigenvalue weighted by atomic mass is 10.2. The first-order chi connectivity index (χ1) is 11.2. The molecule has 5 nitrogen and oxygen atoms in total. The van der Waals surface area contributed by atoms with Crippen LogP contribution >= 0.6 is 22.9 Å². The number of carbonyl (C=O) groups is 1. The SMILES string of the molecule is O=C(Nc1nc2cc3c(cc2s1)OCCO3)c1cccc(Cl)c1. The Hall–Kier alpha value is -2.31. The zero-order valence-electron chi connectivity index (χ0n) is 11.8. The van der Waals surface area contributed by atoms with Crippen LogP contribution in [0.5, 0.6) is 11.5 Å². The molecule has 1 aromatic heterocycles. The van der Waals surface area contributed by atoms with Gasteiger partial charge in [0.1, 0.15) is 13.2 Å². The average molecular weight is 347 g/mol. The largest absolute Gasteiger partial charge is 0.486 e. The normalized spacial score (nSPS) is 13.1. The van der Waals surface area contributed by atoms with Gasteiger partial charge in [-0.2, -0.15) is 0 Å². The molecule has 0 unspecified atom stereocenters. The average Bonchev–Trinajstić information content (AvgIpc) is 2.93. The Labute approximate surface area is 140 Å². The molecular weight excluding hydrogens is 336 g/mol. The fraction of sp³-hybridized carbons (Fsp3) is 0.125. The van der Waals surface area contributed by atoms with E-state index in [1.54, 1.807) is 24.3 Å². The summed E-state index contributed by atoms with van der Waals surface area (Å²) in [5.41, 5.74) is 1.25. The van der Waals surface area contributed by atoms with Crippen LogP contribution in [0.25, 0.3) is 10.2 Å². The van der Waals surface area contributed by atoms with Crippen molar-refractivity contribution in [3.63, 3.8) is 0 Å². The third kappa shape index (κ3) is 2.83. The second-order valence-electron chi connectivity index (χ2n) is 4.95. The topological polar surface area (TPSA) is 60.5 Å². The Morgan fingerprint density at radius 1 is 1.17 bits per heavy atom. The Kier molecular flexibility index (Phi) is 3.55. The Morgan fingerprint density at radius 2 is 1.96 bits per heavy atom. The second kappa shape index (κ2) is 5.72. The van der Waals surface area contributed by atoms with Crippen LogP contribution in [0.2, 0.25) is 5.02 Å². The van der Waals surface area contributed by atoms with Crippen LogP contribution in [0.4, 0.5) is 5.13 Å². The molecule has 7 heteroatoms. The van der Waals surface area contributed by atoms with Crippen molar-refractivity contribution in [2.45, 2.75) is 0 Å². The van der Waals surface area contributed by atoms with Crippen LogP contribution in [0.15, 0.2) is 36.4 Å². The van der Waals surface area contributed by atoms with Gasteiger partial charge in [0.15, 0.2) is 16.6 Å². The summed E-state index contributed by atoms with van der Waals surface area (Å²) in [6, 6.07) is 10.5. The molecule has 116 valence electrons. The summed E-state index contributed by atoms with van der Waals surface area (Å²) in [6.45, 7) is 1.07. The number of halogens is 1. The number of rotatable bonds is 2. The number of hydrogen-bond donors (Lipinski definition) is 1. The minimum atomic E-state index is -0.246. The van der Waals surface area contributed by atoms with E-state index in [9.17, 15) is 4.79 Å². The summed E-state index contributed by atoms with van der Waals surface area (Å²) >= 11 is 7.29. The number of ether oxygens (including phenoxy) is 2. The minimum Gasteiger partial charge on any atom is -0.486 e. The molecule has 2 heterocycles. The molecule has 0 spiro atoms. The molecule has 0 bridgehead atoms. The lowest BCUT2D eigenvalue weighted by molar-refractivity contribution is 0.102. The van der Waals surface area contributed by atoms with E-state index < -0.39 is 0 Å². The predicted molar refractivity (Wildman–Crippen MR) is 90.0 cm³/mol. The lowest BCUT2D eigenvalue weighted by Crippen LogP contribution is -2.15. The third-order valence-corrected chi connectivity index (χ3v) is 4.53. The molecule has 0 atom stereocenters. The van der Waals surface area contributed by atoms with Crippen LogP contribution in [0, 0.1) is 0 Å². The van der Waals surface area contributed by atoms with Crippen molar-refractivity contribution in [3.8, 4) is 11.5 Å². The van der Waals surface area contributed by atoms with E-state index in [-0.39, 0.29) is 5.91 Å². The Balaban J connectivity index is 1.63. The van der Waals surface area contributed by atoms with Crippen LogP contribution in [0.1, 0.15) is 10.4 Å². The van der Waals surface area contributed by atoms with Gasteiger partial charge in [0.2, 0.25) is 0 Å². The predicted octanol–water partition coefficient (Wildman–Crippen LogP) is 3.97. The molecule has 2 aromatic carbocycles. The van der Waals surface area contributed by atoms with Gasteiger partial charge in [-0.05, 0) is 18.2 Å². The first kappa shape index (κ1) is 14.3. The molecule has 1 amide bonds. The highest BCUT2D eigenvalue weighted by molar-refractivity contribution is 7.22. The maximum atomic E-state index is 12.2. The number of anilines is 1. The van der Waals surface area contributed by atoms with Gasteiger partial charge < -0.3 is 9.47 Å². The Bertz CT molecular complexity index is 866. The maximum absolute atomic E-state index is 12.2. The van der Waals surface area contributed by atoms with E-state index in [0.717, 1.165) is 10.2 Å². The van der Waals surface area contributed by atoms with Crippen LogP contribution in [-0.4, -0.2) is 24.1 Å². The number of nitrogens with zero attached hydrogens (tertiary/aromatic N) is 1. The summed E-state index contributed by atoms with van der Waals surface area (Å²) in [5.74, 6) is 1.14. The van der Waals surface area contributed by atoms with Crippen LogP contribution < -0.4 is 14.8 Å². The molecule has 23 heavy (non-hydrogen) atoms. The van der Waals surface area contributed by atoms with Crippen LogP contribution in [-0.2, 0) is 0 Å². The molecule has 0 saturated carbocycles. The van der Waals surface area contributed by atoms with Crippen molar-refractivity contribution in [1.82, 2.24) is 4.98 Å². The smallest absolute Gasteiger partial charge is 0.257 e. The number of hydrogen-bond acceptors (Lipinski definition) is 5. The van der Waals surface area contributed by atoms with Crippen LogP contribution in [0.3, 0.4) is 0 Å².